The molecule has 0 saturated heterocycles. The van der Waals surface area contributed by atoms with Crippen LogP contribution in [0.2, 0.25) is 0 Å². The van der Waals surface area contributed by atoms with Crippen LogP contribution >= 0.6 is 0 Å². The summed E-state index contributed by atoms with van der Waals surface area (Å²) < 4.78 is 0. The predicted molar refractivity (Wildman–Crippen MR) is 38.6 cm³/mol. The summed E-state index contributed by atoms with van der Waals surface area (Å²) in [5, 5.41) is 8.84. The summed E-state index contributed by atoms with van der Waals surface area (Å²) in [5.41, 5.74) is 0. The molecule has 10 heavy (non-hydrogen) atoms. The van der Waals surface area contributed by atoms with E-state index in [2.05, 4.69) is 0 Å². The maximum absolute atomic E-state index is 10.9. The summed E-state index contributed by atoms with van der Waals surface area (Å²) in [4.78, 5) is 10.9. The molecule has 0 amide bonds. The molecule has 0 aliphatic heterocycles. The Kier molecular flexibility index (Phi) is 2.44. The van der Waals surface area contributed by atoms with E-state index in [1.807, 2.05) is 6.92 Å². The molecule has 1 N–H and O–H groups in total. The van der Waals surface area contributed by atoms with Crippen molar-refractivity contribution >= 4 is 5.78 Å². The van der Waals surface area contributed by atoms with E-state index in [0.717, 1.165) is 6.42 Å². The molecule has 2 nitrogen and oxygen atoms in total. The number of carbonyl (C=O) groups excluding carboxylic acids is 1. The van der Waals surface area contributed by atoms with Crippen LogP contribution in [0.25, 0.3) is 0 Å². The van der Waals surface area contributed by atoms with Crippen molar-refractivity contribution in [2.75, 3.05) is 6.61 Å². The van der Waals surface area contributed by atoms with Crippen LogP contribution in [0.5, 0.6) is 0 Å². The fourth-order valence-corrected chi connectivity index (χ4v) is 1.53. The first-order valence-electron chi connectivity index (χ1n) is 3.86. The van der Waals surface area contributed by atoms with Gasteiger partial charge in [-0.3, -0.25) is 4.79 Å². The summed E-state index contributed by atoms with van der Waals surface area (Å²) in [6.45, 7) is 2.28. The highest BCUT2D eigenvalue weighted by atomic mass is 16.3. The average molecular weight is 142 g/mol. The molecule has 0 spiro atoms. The Hall–Kier alpha value is -0.370. The molecule has 0 bridgehead atoms. The molecule has 0 aromatic carbocycles. The lowest BCUT2D eigenvalue weighted by atomic mass is 9.80. The molecule has 0 aromatic rings. The zero-order valence-corrected chi connectivity index (χ0v) is 6.34. The van der Waals surface area contributed by atoms with Gasteiger partial charge in [0.2, 0.25) is 0 Å². The zero-order chi connectivity index (χ0) is 7.56. The molecular formula is C8H14O2. The van der Waals surface area contributed by atoms with E-state index in [1.165, 1.54) is 0 Å². The standard InChI is InChI=1S/C8H14O2/c1-6-4-8(10)3-2-7(6)5-9/h6-7,9H,2-5H2,1H3/t6-,7+/m0/s1. The third-order valence-corrected chi connectivity index (χ3v) is 2.38. The molecule has 1 rings (SSSR count). The fraction of sp³-hybridized carbons (Fsp3) is 0.875. The Morgan fingerprint density at radius 1 is 1.70 bits per heavy atom. The summed E-state index contributed by atoms with van der Waals surface area (Å²) in [7, 11) is 0. The second-order valence-electron chi connectivity index (χ2n) is 3.20. The maximum atomic E-state index is 10.9. The molecule has 1 aliphatic carbocycles. The lowest BCUT2D eigenvalue weighted by molar-refractivity contribution is -0.122. The summed E-state index contributed by atoms with van der Waals surface area (Å²) >= 11 is 0. The first-order chi connectivity index (χ1) is 4.74. The van der Waals surface area contributed by atoms with E-state index in [4.69, 9.17) is 5.11 Å². The van der Waals surface area contributed by atoms with Gasteiger partial charge in [-0.2, -0.15) is 0 Å². The number of Topliss-reactive ketones (excluding diaryl/α,β-unsaturated/α-hetero) is 1. The van der Waals surface area contributed by atoms with Gasteiger partial charge >= 0.3 is 0 Å². The van der Waals surface area contributed by atoms with Gasteiger partial charge in [-0.05, 0) is 18.3 Å². The van der Waals surface area contributed by atoms with Gasteiger partial charge in [0.05, 0.1) is 0 Å². The Balaban J connectivity index is 2.43. The molecule has 0 aromatic heterocycles. The molecule has 1 aliphatic rings. The highest BCUT2D eigenvalue weighted by molar-refractivity contribution is 5.79. The predicted octanol–water partition coefficient (Wildman–Crippen LogP) is 0.984. The number of carbonyl (C=O) groups is 1. The van der Waals surface area contributed by atoms with E-state index in [-0.39, 0.29) is 6.61 Å². The van der Waals surface area contributed by atoms with Crippen molar-refractivity contribution in [1.82, 2.24) is 0 Å². The average Bonchev–Trinajstić information content (AvgIpc) is 1.88. The lowest BCUT2D eigenvalue weighted by Gasteiger charge is -2.25. The van der Waals surface area contributed by atoms with Crippen LogP contribution < -0.4 is 0 Å². The van der Waals surface area contributed by atoms with Crippen LogP contribution in [0.4, 0.5) is 0 Å². The van der Waals surface area contributed by atoms with Gasteiger partial charge in [0, 0.05) is 19.4 Å². The second kappa shape index (κ2) is 3.15. The molecule has 0 radical (unpaired) electrons. The number of hydrogen-bond donors (Lipinski definition) is 1. The van der Waals surface area contributed by atoms with E-state index >= 15 is 0 Å². The monoisotopic (exact) mass is 142 g/mol. The van der Waals surface area contributed by atoms with Gasteiger partial charge in [-0.1, -0.05) is 6.92 Å². The molecule has 0 unspecified atom stereocenters. The van der Waals surface area contributed by atoms with Crippen molar-refractivity contribution in [3.63, 3.8) is 0 Å². The van der Waals surface area contributed by atoms with Crippen molar-refractivity contribution in [3.05, 3.63) is 0 Å². The Morgan fingerprint density at radius 3 is 2.90 bits per heavy atom. The van der Waals surface area contributed by atoms with Crippen LogP contribution in [0.15, 0.2) is 0 Å². The highest BCUT2D eigenvalue weighted by Crippen LogP contribution is 2.26. The van der Waals surface area contributed by atoms with Crippen molar-refractivity contribution < 1.29 is 9.90 Å². The maximum Gasteiger partial charge on any atom is 0.133 e. The largest absolute Gasteiger partial charge is 0.396 e. The number of ketones is 1. The van der Waals surface area contributed by atoms with Crippen molar-refractivity contribution in [2.24, 2.45) is 11.8 Å². The molecular weight excluding hydrogens is 128 g/mol. The van der Waals surface area contributed by atoms with Crippen LogP contribution in [0, 0.1) is 11.8 Å². The van der Waals surface area contributed by atoms with Gasteiger partial charge in [0.15, 0.2) is 0 Å². The minimum atomic E-state index is 0.244. The van der Waals surface area contributed by atoms with Gasteiger partial charge in [-0.15, -0.1) is 0 Å². The minimum Gasteiger partial charge on any atom is -0.396 e. The first-order valence-corrected chi connectivity index (χ1v) is 3.86. The second-order valence-corrected chi connectivity index (χ2v) is 3.20. The molecule has 2 atom stereocenters. The number of aliphatic hydroxyl groups excluding tert-OH is 1. The fourth-order valence-electron chi connectivity index (χ4n) is 1.53. The number of rotatable bonds is 1. The van der Waals surface area contributed by atoms with E-state index < -0.39 is 0 Å². The normalized spacial score (nSPS) is 34.4. The molecule has 2 heteroatoms. The lowest BCUT2D eigenvalue weighted by Crippen LogP contribution is -2.25. The third-order valence-electron chi connectivity index (χ3n) is 2.38. The molecule has 1 saturated carbocycles. The molecule has 0 heterocycles. The minimum absolute atomic E-state index is 0.244. The van der Waals surface area contributed by atoms with Gasteiger partial charge in [-0.25, -0.2) is 0 Å². The van der Waals surface area contributed by atoms with Crippen LogP contribution in [-0.2, 0) is 4.79 Å². The van der Waals surface area contributed by atoms with E-state index in [9.17, 15) is 4.79 Å². The van der Waals surface area contributed by atoms with Crippen molar-refractivity contribution in [3.8, 4) is 0 Å². The van der Waals surface area contributed by atoms with Gasteiger partial charge in [0.25, 0.3) is 0 Å². The van der Waals surface area contributed by atoms with Crippen LogP contribution in [-0.4, -0.2) is 17.5 Å². The highest BCUT2D eigenvalue weighted by Gasteiger charge is 2.24. The number of aliphatic hydroxyl groups is 1. The summed E-state index contributed by atoms with van der Waals surface area (Å²) in [5.74, 6) is 1.13. The quantitative estimate of drug-likeness (QED) is 0.592. The summed E-state index contributed by atoms with van der Waals surface area (Å²) in [6, 6.07) is 0. The Labute approximate surface area is 61.2 Å². The zero-order valence-electron chi connectivity index (χ0n) is 6.34. The molecule has 1 fully saturated rings. The van der Waals surface area contributed by atoms with E-state index in [1.54, 1.807) is 0 Å². The van der Waals surface area contributed by atoms with Crippen LogP contribution in [0.1, 0.15) is 26.2 Å². The van der Waals surface area contributed by atoms with Gasteiger partial charge < -0.3 is 5.11 Å². The summed E-state index contributed by atoms with van der Waals surface area (Å²) in [6.07, 6.45) is 2.23. The van der Waals surface area contributed by atoms with Crippen molar-refractivity contribution in [2.45, 2.75) is 26.2 Å². The third kappa shape index (κ3) is 1.57. The smallest absolute Gasteiger partial charge is 0.133 e. The van der Waals surface area contributed by atoms with E-state index in [0.29, 0.717) is 30.5 Å². The van der Waals surface area contributed by atoms with Crippen LogP contribution in [0.3, 0.4) is 0 Å². The topological polar surface area (TPSA) is 37.3 Å². The Bertz CT molecular complexity index is 131. The first kappa shape index (κ1) is 7.73. The molecule has 58 valence electrons. The van der Waals surface area contributed by atoms with Gasteiger partial charge in [0.1, 0.15) is 5.78 Å². The van der Waals surface area contributed by atoms with Crippen molar-refractivity contribution in [1.29, 1.82) is 0 Å². The SMILES string of the molecule is C[C@H]1CC(=O)CC[C@@H]1CO. The Morgan fingerprint density at radius 2 is 2.40 bits per heavy atom. The number of hydrogen-bond acceptors (Lipinski definition) is 2.